The van der Waals surface area contributed by atoms with Crippen molar-refractivity contribution in [1.29, 1.82) is 0 Å². The van der Waals surface area contributed by atoms with E-state index >= 15 is 0 Å². The minimum atomic E-state index is -4.45. The molecular weight excluding hydrogens is 381 g/mol. The number of hydrogen-bond acceptors (Lipinski definition) is 3. The Labute approximate surface area is 167 Å². The first kappa shape index (κ1) is 19.8. The molecule has 0 radical (unpaired) electrons. The van der Waals surface area contributed by atoms with Crippen LogP contribution in [0.4, 0.5) is 19.0 Å². The Bertz CT molecular complexity index is 882. The number of hydrogen-bond donors (Lipinski definition) is 1. The molecule has 1 aromatic heterocycles. The summed E-state index contributed by atoms with van der Waals surface area (Å²) < 4.78 is 42.3. The van der Waals surface area contributed by atoms with Crippen molar-refractivity contribution in [3.8, 4) is 0 Å². The molecule has 8 heteroatoms. The molecule has 1 fully saturated rings. The van der Waals surface area contributed by atoms with Gasteiger partial charge in [0, 0.05) is 25.6 Å². The number of halogens is 3. The minimum absolute atomic E-state index is 0.0702. The minimum Gasteiger partial charge on any atom is -0.363 e. The van der Waals surface area contributed by atoms with Gasteiger partial charge in [0.2, 0.25) is 0 Å². The van der Waals surface area contributed by atoms with E-state index in [0.29, 0.717) is 19.0 Å². The summed E-state index contributed by atoms with van der Waals surface area (Å²) in [5.41, 5.74) is 1.90. The van der Waals surface area contributed by atoms with Crippen molar-refractivity contribution in [3.63, 3.8) is 0 Å². The van der Waals surface area contributed by atoms with Gasteiger partial charge in [0.1, 0.15) is 5.82 Å². The number of rotatable bonds is 2. The van der Waals surface area contributed by atoms with Crippen LogP contribution in [0.3, 0.4) is 0 Å². The molecule has 0 bridgehead atoms. The Morgan fingerprint density at radius 1 is 1.17 bits per heavy atom. The smallest absolute Gasteiger partial charge is 0.363 e. The molecule has 1 amide bonds. The number of likely N-dealkylation sites (tertiary alicyclic amines) is 1. The van der Waals surface area contributed by atoms with E-state index in [9.17, 15) is 18.0 Å². The molecule has 1 saturated heterocycles. The summed E-state index contributed by atoms with van der Waals surface area (Å²) in [4.78, 5) is 14.5. The third-order valence-electron chi connectivity index (χ3n) is 5.96. The van der Waals surface area contributed by atoms with Gasteiger partial charge in [0.05, 0.1) is 6.04 Å². The van der Waals surface area contributed by atoms with Crippen LogP contribution in [-0.2, 0) is 0 Å². The van der Waals surface area contributed by atoms with Gasteiger partial charge in [-0.05, 0) is 31.2 Å². The molecule has 1 aromatic carbocycles. The summed E-state index contributed by atoms with van der Waals surface area (Å²) >= 11 is 0. The topological polar surface area (TPSA) is 50.2 Å². The fourth-order valence-electron chi connectivity index (χ4n) is 4.07. The molecule has 2 atom stereocenters. The number of fused-ring (bicyclic) bond motifs is 1. The maximum Gasteiger partial charge on any atom is 0.410 e. The highest BCUT2D eigenvalue weighted by atomic mass is 19.4. The molecule has 1 N–H and O–H groups in total. The van der Waals surface area contributed by atoms with Gasteiger partial charge in [-0.2, -0.15) is 18.3 Å². The quantitative estimate of drug-likeness (QED) is 0.785. The van der Waals surface area contributed by atoms with Crippen molar-refractivity contribution >= 4 is 11.7 Å². The first-order valence-electron chi connectivity index (χ1n) is 10.0. The molecule has 2 aromatic rings. The van der Waals surface area contributed by atoms with E-state index in [0.717, 1.165) is 28.7 Å². The monoisotopic (exact) mass is 406 g/mol. The van der Waals surface area contributed by atoms with Crippen LogP contribution < -0.4 is 5.32 Å². The fraction of sp³-hybridized carbons (Fsp3) is 0.524. The lowest BCUT2D eigenvalue weighted by Crippen LogP contribution is -2.38. The lowest BCUT2D eigenvalue weighted by atomic mass is 9.96. The Kier molecular flexibility index (Phi) is 5.04. The molecule has 0 saturated carbocycles. The zero-order valence-corrected chi connectivity index (χ0v) is 16.5. The third kappa shape index (κ3) is 3.97. The number of alkyl halides is 3. The summed E-state index contributed by atoms with van der Waals surface area (Å²) in [6.45, 7) is 5.31. The summed E-state index contributed by atoms with van der Waals surface area (Å²) in [6.07, 6.45) is -2.82. The van der Waals surface area contributed by atoms with E-state index in [1.807, 2.05) is 31.2 Å². The van der Waals surface area contributed by atoms with Crippen molar-refractivity contribution in [2.45, 2.75) is 51.4 Å². The summed E-state index contributed by atoms with van der Waals surface area (Å²) in [5.74, 6) is 0.493. The second-order valence-corrected chi connectivity index (χ2v) is 8.23. The average molecular weight is 406 g/mol. The normalized spacial score (nSPS) is 22.9. The van der Waals surface area contributed by atoms with Crippen LogP contribution in [0.5, 0.6) is 0 Å². The standard InChI is InChI=1S/C21H25F3N4O/c1-13-3-5-15(6-4-13)16-11-18(21(22,23)24)28-19(25-16)12-17(26-28)20(29)27-9-7-14(2)8-10-27/h3-6,12,14,16,18,25H,7-11H2,1-2H3/t16-,18+/m0/s1. The molecule has 0 aliphatic carbocycles. The van der Waals surface area contributed by atoms with Crippen LogP contribution in [0.1, 0.15) is 59.9 Å². The highest BCUT2D eigenvalue weighted by Crippen LogP contribution is 2.43. The molecule has 3 heterocycles. The highest BCUT2D eigenvalue weighted by molar-refractivity contribution is 5.93. The number of aromatic nitrogens is 2. The average Bonchev–Trinajstić information content (AvgIpc) is 3.11. The van der Waals surface area contributed by atoms with Crippen molar-refractivity contribution in [3.05, 3.63) is 47.2 Å². The molecule has 0 spiro atoms. The van der Waals surface area contributed by atoms with Crippen LogP contribution >= 0.6 is 0 Å². The number of nitrogens with one attached hydrogen (secondary N) is 1. The predicted octanol–water partition coefficient (Wildman–Crippen LogP) is 4.72. The van der Waals surface area contributed by atoms with Gasteiger partial charge in [0.25, 0.3) is 5.91 Å². The highest BCUT2D eigenvalue weighted by Gasteiger charge is 2.47. The predicted molar refractivity (Wildman–Crippen MR) is 104 cm³/mol. The second-order valence-electron chi connectivity index (χ2n) is 8.23. The number of carbonyl (C=O) groups excluding carboxylic acids is 1. The summed E-state index contributed by atoms with van der Waals surface area (Å²) in [5, 5.41) is 7.23. The zero-order valence-electron chi connectivity index (χ0n) is 16.5. The van der Waals surface area contributed by atoms with Gasteiger partial charge >= 0.3 is 6.18 Å². The van der Waals surface area contributed by atoms with Gasteiger partial charge in [0.15, 0.2) is 11.7 Å². The van der Waals surface area contributed by atoms with Crippen LogP contribution in [0.25, 0.3) is 0 Å². The molecule has 4 rings (SSSR count). The van der Waals surface area contributed by atoms with E-state index in [1.54, 1.807) is 4.90 Å². The Balaban J connectivity index is 1.63. The molecule has 0 unspecified atom stereocenters. The van der Waals surface area contributed by atoms with Crippen LogP contribution in [0.15, 0.2) is 30.3 Å². The number of nitrogens with zero attached hydrogens (tertiary/aromatic N) is 3. The van der Waals surface area contributed by atoms with E-state index in [-0.39, 0.29) is 23.8 Å². The maximum absolute atomic E-state index is 13.8. The lowest BCUT2D eigenvalue weighted by molar-refractivity contribution is -0.173. The number of piperidine rings is 1. The summed E-state index contributed by atoms with van der Waals surface area (Å²) in [7, 11) is 0. The van der Waals surface area contributed by atoms with E-state index in [2.05, 4.69) is 17.3 Å². The van der Waals surface area contributed by atoms with Gasteiger partial charge in [-0.15, -0.1) is 0 Å². The first-order valence-corrected chi connectivity index (χ1v) is 10.0. The van der Waals surface area contributed by atoms with E-state index in [4.69, 9.17) is 0 Å². The van der Waals surface area contributed by atoms with Crippen LogP contribution in [0.2, 0.25) is 0 Å². The molecule has 29 heavy (non-hydrogen) atoms. The molecule has 2 aliphatic heterocycles. The Morgan fingerprint density at radius 2 is 1.83 bits per heavy atom. The molecule has 156 valence electrons. The largest absolute Gasteiger partial charge is 0.410 e. The van der Waals surface area contributed by atoms with Gasteiger partial charge in [-0.1, -0.05) is 36.8 Å². The van der Waals surface area contributed by atoms with Crippen molar-refractivity contribution < 1.29 is 18.0 Å². The molecular formula is C21H25F3N4O. The Hall–Kier alpha value is -2.51. The maximum atomic E-state index is 13.8. The van der Waals surface area contributed by atoms with Crippen molar-refractivity contribution in [2.24, 2.45) is 5.92 Å². The zero-order chi connectivity index (χ0) is 20.8. The SMILES string of the molecule is Cc1ccc([C@@H]2C[C@H](C(F)(F)F)n3nc(C(=O)N4CCC(C)CC4)cc3N2)cc1. The number of carbonyl (C=O) groups is 1. The van der Waals surface area contributed by atoms with Gasteiger partial charge in [-0.3, -0.25) is 4.79 Å². The van der Waals surface area contributed by atoms with Crippen LogP contribution in [-0.4, -0.2) is 39.9 Å². The van der Waals surface area contributed by atoms with E-state index in [1.165, 1.54) is 6.07 Å². The second kappa shape index (κ2) is 7.39. The Morgan fingerprint density at radius 3 is 2.45 bits per heavy atom. The first-order chi connectivity index (χ1) is 13.7. The van der Waals surface area contributed by atoms with Crippen molar-refractivity contribution in [2.75, 3.05) is 18.4 Å². The summed E-state index contributed by atoms with van der Waals surface area (Å²) in [6, 6.07) is 6.65. The van der Waals surface area contributed by atoms with Crippen LogP contribution in [0, 0.1) is 12.8 Å². The van der Waals surface area contributed by atoms with Gasteiger partial charge in [-0.25, -0.2) is 4.68 Å². The number of aryl methyl sites for hydroxylation is 1. The number of anilines is 1. The lowest BCUT2D eigenvalue weighted by Gasteiger charge is -2.33. The number of benzene rings is 1. The third-order valence-corrected chi connectivity index (χ3v) is 5.96. The fourth-order valence-corrected chi connectivity index (χ4v) is 4.07. The van der Waals surface area contributed by atoms with Crippen molar-refractivity contribution in [1.82, 2.24) is 14.7 Å². The number of amides is 1. The van der Waals surface area contributed by atoms with E-state index < -0.39 is 18.3 Å². The molecule has 5 nitrogen and oxygen atoms in total. The van der Waals surface area contributed by atoms with Gasteiger partial charge < -0.3 is 10.2 Å². The molecule has 2 aliphatic rings.